The van der Waals surface area contributed by atoms with Gasteiger partial charge in [-0.15, -0.1) is 0 Å². The topological polar surface area (TPSA) is 0 Å². The summed E-state index contributed by atoms with van der Waals surface area (Å²) in [6, 6.07) is 26.4. The Morgan fingerprint density at radius 1 is 0.769 bits per heavy atom. The van der Waals surface area contributed by atoms with Gasteiger partial charge in [0.1, 0.15) is 0 Å². The third kappa shape index (κ3) is 2.45. The lowest BCUT2D eigenvalue weighted by molar-refractivity contribution is 0.663. The number of fused-ring (bicyclic) bond motifs is 2. The molecule has 0 saturated carbocycles. The molecule has 0 spiro atoms. The van der Waals surface area contributed by atoms with Crippen molar-refractivity contribution >= 4 is 12.2 Å². The van der Waals surface area contributed by atoms with Crippen LogP contribution >= 0.6 is 0 Å². The first-order valence-corrected chi connectivity index (χ1v) is 9.45. The second-order valence-electron chi connectivity index (χ2n) is 7.45. The smallest absolute Gasteiger partial charge is 0.00634 e. The van der Waals surface area contributed by atoms with Crippen LogP contribution in [-0.2, 0) is 0 Å². The molecule has 0 heterocycles. The van der Waals surface area contributed by atoms with Crippen molar-refractivity contribution in [3.05, 3.63) is 107 Å². The highest BCUT2D eigenvalue weighted by Gasteiger charge is 2.28. The molecule has 0 fully saturated rings. The minimum atomic E-state index is 0.494. The minimum absolute atomic E-state index is 0.494. The van der Waals surface area contributed by atoms with Crippen molar-refractivity contribution in [2.45, 2.75) is 25.2 Å². The molecule has 126 valence electrons. The molecule has 0 saturated heterocycles. The van der Waals surface area contributed by atoms with E-state index in [4.69, 9.17) is 0 Å². The first-order chi connectivity index (χ1) is 12.8. The second-order valence-corrected chi connectivity index (χ2v) is 7.45. The van der Waals surface area contributed by atoms with Crippen LogP contribution in [0.15, 0.2) is 84.4 Å². The van der Waals surface area contributed by atoms with E-state index in [1.165, 1.54) is 39.0 Å². The summed E-state index contributed by atoms with van der Waals surface area (Å²) in [5.74, 6) is 1.03. The first kappa shape index (κ1) is 15.4. The molecular weight excluding hydrogens is 312 g/mol. The monoisotopic (exact) mass is 334 g/mol. The fourth-order valence-corrected chi connectivity index (χ4v) is 4.60. The van der Waals surface area contributed by atoms with Crippen LogP contribution in [0.2, 0.25) is 0 Å². The maximum Gasteiger partial charge on any atom is 0.00634 e. The van der Waals surface area contributed by atoms with Crippen molar-refractivity contribution in [3.8, 4) is 11.1 Å². The van der Waals surface area contributed by atoms with Gasteiger partial charge in [0.05, 0.1) is 0 Å². The Kier molecular flexibility index (Phi) is 3.64. The summed E-state index contributed by atoms with van der Waals surface area (Å²) in [7, 11) is 0. The van der Waals surface area contributed by atoms with Crippen LogP contribution in [0.3, 0.4) is 0 Å². The average molecular weight is 334 g/mol. The van der Waals surface area contributed by atoms with E-state index < -0.39 is 0 Å². The van der Waals surface area contributed by atoms with Crippen LogP contribution in [0.1, 0.15) is 47.4 Å². The highest BCUT2D eigenvalue weighted by atomic mass is 14.3. The van der Waals surface area contributed by atoms with Crippen molar-refractivity contribution < 1.29 is 0 Å². The van der Waals surface area contributed by atoms with Crippen molar-refractivity contribution in [2.24, 2.45) is 0 Å². The van der Waals surface area contributed by atoms with Crippen molar-refractivity contribution in [2.75, 3.05) is 0 Å². The van der Waals surface area contributed by atoms with Crippen molar-refractivity contribution in [3.63, 3.8) is 0 Å². The van der Waals surface area contributed by atoms with Gasteiger partial charge in [0.2, 0.25) is 0 Å². The van der Waals surface area contributed by atoms with E-state index in [-0.39, 0.29) is 0 Å². The van der Waals surface area contributed by atoms with Crippen LogP contribution in [-0.4, -0.2) is 0 Å². The second kappa shape index (κ2) is 6.14. The third-order valence-electron chi connectivity index (χ3n) is 5.91. The molecule has 0 amide bonds. The van der Waals surface area contributed by atoms with Crippen LogP contribution in [0.4, 0.5) is 0 Å². The number of hydrogen-bond acceptors (Lipinski definition) is 0. The van der Waals surface area contributed by atoms with E-state index in [9.17, 15) is 0 Å². The van der Waals surface area contributed by atoms with Gasteiger partial charge in [-0.2, -0.15) is 0 Å². The van der Waals surface area contributed by atoms with Crippen molar-refractivity contribution in [1.29, 1.82) is 0 Å². The van der Waals surface area contributed by atoms with E-state index in [2.05, 4.69) is 97.9 Å². The standard InChI is InChI=1S/C26H22/c1-18-16-20-10-5-6-11-24(20)26(18)17-21-14-15-25-22(12-7-13-23(21)25)19-8-3-2-4-9-19/h2-16,21,26H,17H2,1H3. The van der Waals surface area contributed by atoms with Gasteiger partial charge in [0.25, 0.3) is 0 Å². The van der Waals surface area contributed by atoms with Crippen LogP contribution in [0.25, 0.3) is 23.3 Å². The van der Waals surface area contributed by atoms with Gasteiger partial charge in [-0.3, -0.25) is 0 Å². The number of allylic oxidation sites excluding steroid dienone is 2. The lowest BCUT2D eigenvalue weighted by Gasteiger charge is -2.20. The lowest BCUT2D eigenvalue weighted by atomic mass is 9.84. The summed E-state index contributed by atoms with van der Waals surface area (Å²) in [5.41, 5.74) is 9.91. The van der Waals surface area contributed by atoms with E-state index in [0.717, 1.165) is 6.42 Å². The zero-order chi connectivity index (χ0) is 17.5. The van der Waals surface area contributed by atoms with Crippen LogP contribution in [0, 0.1) is 0 Å². The van der Waals surface area contributed by atoms with E-state index in [1.54, 1.807) is 0 Å². The van der Waals surface area contributed by atoms with Gasteiger partial charge in [0, 0.05) is 11.8 Å². The molecule has 2 aliphatic rings. The lowest BCUT2D eigenvalue weighted by Crippen LogP contribution is -2.04. The molecule has 2 atom stereocenters. The fraction of sp³-hybridized carbons (Fsp3) is 0.154. The summed E-state index contributed by atoms with van der Waals surface area (Å²) in [6.07, 6.45) is 8.26. The molecule has 0 nitrogen and oxygen atoms in total. The summed E-state index contributed by atoms with van der Waals surface area (Å²) in [4.78, 5) is 0. The Hall–Kier alpha value is -2.86. The molecule has 0 N–H and O–H groups in total. The number of benzene rings is 3. The molecule has 5 rings (SSSR count). The molecule has 0 aliphatic heterocycles. The molecule has 0 radical (unpaired) electrons. The van der Waals surface area contributed by atoms with Crippen LogP contribution in [0.5, 0.6) is 0 Å². The molecule has 3 aromatic rings. The van der Waals surface area contributed by atoms with E-state index in [1.807, 2.05) is 0 Å². The van der Waals surface area contributed by atoms with Crippen molar-refractivity contribution in [1.82, 2.24) is 0 Å². The van der Waals surface area contributed by atoms with E-state index >= 15 is 0 Å². The van der Waals surface area contributed by atoms with E-state index in [0.29, 0.717) is 11.8 Å². The largest absolute Gasteiger partial charge is 0.0763 e. The SMILES string of the molecule is CC1=Cc2ccccc2C1CC1C=Cc2c(-c3ccccc3)cccc21. The van der Waals surface area contributed by atoms with Gasteiger partial charge < -0.3 is 0 Å². The summed E-state index contributed by atoms with van der Waals surface area (Å²) in [6.45, 7) is 2.28. The molecular formula is C26H22. The normalized spacial score (nSPS) is 20.0. The Labute approximate surface area is 155 Å². The van der Waals surface area contributed by atoms with Gasteiger partial charge in [0.15, 0.2) is 0 Å². The quantitative estimate of drug-likeness (QED) is 0.481. The average Bonchev–Trinajstić information content (AvgIpc) is 3.24. The number of rotatable bonds is 3. The van der Waals surface area contributed by atoms with Crippen LogP contribution < -0.4 is 0 Å². The third-order valence-corrected chi connectivity index (χ3v) is 5.91. The Morgan fingerprint density at radius 2 is 1.54 bits per heavy atom. The molecule has 3 aromatic carbocycles. The molecule has 2 aliphatic carbocycles. The molecule has 0 bridgehead atoms. The predicted octanol–water partition coefficient (Wildman–Crippen LogP) is 7.05. The Balaban J connectivity index is 1.49. The summed E-state index contributed by atoms with van der Waals surface area (Å²) < 4.78 is 0. The highest BCUT2D eigenvalue weighted by Crippen LogP contribution is 2.46. The minimum Gasteiger partial charge on any atom is -0.0763 e. The Morgan fingerprint density at radius 3 is 2.42 bits per heavy atom. The predicted molar refractivity (Wildman–Crippen MR) is 111 cm³/mol. The molecule has 0 heteroatoms. The highest BCUT2D eigenvalue weighted by molar-refractivity contribution is 5.80. The molecule has 0 aromatic heterocycles. The van der Waals surface area contributed by atoms with Gasteiger partial charge in [-0.1, -0.05) is 96.6 Å². The molecule has 2 unspecified atom stereocenters. The zero-order valence-corrected chi connectivity index (χ0v) is 15.0. The summed E-state index contributed by atoms with van der Waals surface area (Å²) in [5, 5.41) is 0. The maximum absolute atomic E-state index is 2.41. The first-order valence-electron chi connectivity index (χ1n) is 9.45. The number of hydrogen-bond donors (Lipinski definition) is 0. The zero-order valence-electron chi connectivity index (χ0n) is 15.0. The molecule has 26 heavy (non-hydrogen) atoms. The van der Waals surface area contributed by atoms with Gasteiger partial charge in [-0.05, 0) is 46.7 Å². The maximum atomic E-state index is 2.41. The van der Waals surface area contributed by atoms with Gasteiger partial charge in [-0.25, -0.2) is 0 Å². The fourth-order valence-electron chi connectivity index (χ4n) is 4.60. The van der Waals surface area contributed by atoms with Gasteiger partial charge >= 0.3 is 0 Å². The summed E-state index contributed by atoms with van der Waals surface area (Å²) >= 11 is 0. The Bertz CT molecular complexity index is 1020.